The average Bonchev–Trinajstić information content (AvgIpc) is 2.48. The zero-order chi connectivity index (χ0) is 16.3. The second-order valence-corrected chi connectivity index (χ2v) is 6.42. The molecule has 3 N–H and O–H groups in total. The van der Waals surface area contributed by atoms with Crippen LogP contribution in [0.4, 0.5) is 0 Å². The van der Waals surface area contributed by atoms with Gasteiger partial charge < -0.3 is 24.8 Å². The highest BCUT2D eigenvalue weighted by atomic mass is 32.2. The number of aliphatic hydroxyl groups is 3. The lowest BCUT2D eigenvalue weighted by Gasteiger charge is -2.39. The number of thioether (sulfide) groups is 1. The van der Waals surface area contributed by atoms with Gasteiger partial charge in [0.15, 0.2) is 0 Å². The van der Waals surface area contributed by atoms with Crippen LogP contribution in [0.15, 0.2) is 29.2 Å². The Balaban J connectivity index is 2.05. The summed E-state index contributed by atoms with van der Waals surface area (Å²) in [4.78, 5) is 11.7. The zero-order valence-electron chi connectivity index (χ0n) is 12.4. The van der Waals surface area contributed by atoms with Crippen LogP contribution in [0.3, 0.4) is 0 Å². The normalized spacial score (nSPS) is 31.8. The smallest absolute Gasteiger partial charge is 0.302 e. The number of rotatable bonds is 4. The van der Waals surface area contributed by atoms with E-state index < -0.39 is 35.8 Å². The third-order valence-corrected chi connectivity index (χ3v) is 4.56. The highest BCUT2D eigenvalue weighted by Crippen LogP contribution is 2.33. The molecule has 2 rings (SSSR count). The minimum Gasteiger partial charge on any atom is -0.463 e. The van der Waals surface area contributed by atoms with Crippen molar-refractivity contribution in [3.63, 3.8) is 0 Å². The van der Waals surface area contributed by atoms with E-state index in [-0.39, 0.29) is 6.61 Å². The Morgan fingerprint density at radius 3 is 2.41 bits per heavy atom. The van der Waals surface area contributed by atoms with Crippen LogP contribution in [-0.2, 0) is 14.3 Å². The fraction of sp³-hybridized carbons (Fsp3) is 0.533. The molecule has 0 spiro atoms. The van der Waals surface area contributed by atoms with Crippen LogP contribution in [0, 0.1) is 6.92 Å². The van der Waals surface area contributed by atoms with Crippen molar-refractivity contribution in [2.45, 2.75) is 48.6 Å². The Bertz CT molecular complexity index is 505. The third-order valence-electron chi connectivity index (χ3n) is 3.39. The van der Waals surface area contributed by atoms with Gasteiger partial charge in [-0.3, -0.25) is 4.79 Å². The zero-order valence-corrected chi connectivity index (χ0v) is 13.2. The van der Waals surface area contributed by atoms with Crippen LogP contribution in [-0.4, -0.2) is 57.7 Å². The number of carbonyl (C=O) groups is 1. The van der Waals surface area contributed by atoms with Crippen molar-refractivity contribution in [3.05, 3.63) is 29.8 Å². The first-order chi connectivity index (χ1) is 10.4. The number of esters is 1. The van der Waals surface area contributed by atoms with Gasteiger partial charge in [0, 0.05) is 11.8 Å². The van der Waals surface area contributed by atoms with Crippen LogP contribution >= 0.6 is 11.8 Å². The Hall–Kier alpha value is -1.12. The first-order valence-corrected chi connectivity index (χ1v) is 7.83. The standard InChI is InChI=1S/C15H20O6S/c1-8-3-5-10(6-4-8)22-15-14(19)13(18)12(17)11(21-15)7-20-9(2)16/h3-6,11-15,17-19H,7H2,1-2H3/t11-,12+,13+,14-,15+/m1/s1. The number of hydrogen-bond donors (Lipinski definition) is 3. The van der Waals surface area contributed by atoms with Crippen LogP contribution in [0.1, 0.15) is 12.5 Å². The predicted octanol–water partition coefficient (Wildman–Crippen LogP) is 0.458. The molecule has 0 amide bonds. The predicted molar refractivity (Wildman–Crippen MR) is 80.4 cm³/mol. The SMILES string of the molecule is CC(=O)OC[C@H]1O[C@@H](Sc2ccc(C)cc2)[C@H](O)[C@@H](O)[C@H]1O. The highest BCUT2D eigenvalue weighted by Gasteiger charge is 2.44. The van der Waals surface area contributed by atoms with Gasteiger partial charge in [0.1, 0.15) is 36.5 Å². The Labute approximate surface area is 133 Å². The summed E-state index contributed by atoms with van der Waals surface area (Å²) in [5, 5.41) is 29.9. The maximum atomic E-state index is 10.9. The van der Waals surface area contributed by atoms with Gasteiger partial charge in [-0.1, -0.05) is 29.5 Å². The average molecular weight is 328 g/mol. The van der Waals surface area contributed by atoms with Crippen molar-refractivity contribution in [2.24, 2.45) is 0 Å². The molecule has 6 nitrogen and oxygen atoms in total. The molecule has 1 aromatic carbocycles. The molecule has 1 aliphatic rings. The van der Waals surface area contributed by atoms with E-state index in [1.807, 2.05) is 31.2 Å². The summed E-state index contributed by atoms with van der Waals surface area (Å²) in [6.07, 6.45) is -4.80. The van der Waals surface area contributed by atoms with Crippen molar-refractivity contribution in [1.82, 2.24) is 0 Å². The topological polar surface area (TPSA) is 96.2 Å². The van der Waals surface area contributed by atoms with Crippen LogP contribution in [0.2, 0.25) is 0 Å². The van der Waals surface area contributed by atoms with E-state index in [4.69, 9.17) is 9.47 Å². The fourth-order valence-corrected chi connectivity index (χ4v) is 3.16. The van der Waals surface area contributed by atoms with E-state index >= 15 is 0 Å². The van der Waals surface area contributed by atoms with E-state index in [2.05, 4.69) is 0 Å². The molecular formula is C15H20O6S. The molecule has 0 unspecified atom stereocenters. The number of ether oxygens (including phenoxy) is 2. The largest absolute Gasteiger partial charge is 0.463 e. The van der Waals surface area contributed by atoms with E-state index in [0.717, 1.165) is 10.5 Å². The van der Waals surface area contributed by atoms with Gasteiger partial charge in [-0.2, -0.15) is 0 Å². The molecule has 7 heteroatoms. The molecule has 0 aromatic heterocycles. The molecule has 1 aromatic rings. The third kappa shape index (κ3) is 4.21. The summed E-state index contributed by atoms with van der Waals surface area (Å²) in [6, 6.07) is 7.63. The molecule has 0 aliphatic carbocycles. The molecule has 5 atom stereocenters. The summed E-state index contributed by atoms with van der Waals surface area (Å²) >= 11 is 1.24. The summed E-state index contributed by atoms with van der Waals surface area (Å²) < 4.78 is 10.4. The second kappa shape index (κ2) is 7.43. The van der Waals surface area contributed by atoms with E-state index in [9.17, 15) is 20.1 Å². The van der Waals surface area contributed by atoms with Crippen molar-refractivity contribution < 1.29 is 29.6 Å². The molecular weight excluding hydrogens is 308 g/mol. The maximum Gasteiger partial charge on any atom is 0.302 e. The summed E-state index contributed by atoms with van der Waals surface area (Å²) in [5.41, 5.74) is 0.347. The number of carbonyl (C=O) groups excluding carboxylic acids is 1. The molecule has 1 heterocycles. The van der Waals surface area contributed by atoms with Crippen molar-refractivity contribution in [3.8, 4) is 0 Å². The molecule has 0 radical (unpaired) electrons. The van der Waals surface area contributed by atoms with Gasteiger partial charge in [-0.15, -0.1) is 0 Å². The lowest BCUT2D eigenvalue weighted by Crippen LogP contribution is -2.57. The fourth-order valence-electron chi connectivity index (χ4n) is 2.10. The van der Waals surface area contributed by atoms with Crippen LogP contribution in [0.5, 0.6) is 0 Å². The molecule has 122 valence electrons. The van der Waals surface area contributed by atoms with Crippen molar-refractivity contribution in [2.75, 3.05) is 6.61 Å². The van der Waals surface area contributed by atoms with Gasteiger partial charge >= 0.3 is 5.97 Å². The first-order valence-electron chi connectivity index (χ1n) is 6.95. The summed E-state index contributed by atoms with van der Waals surface area (Å²) in [7, 11) is 0. The number of aliphatic hydroxyl groups excluding tert-OH is 3. The molecule has 1 fully saturated rings. The molecule has 1 aliphatic heterocycles. The molecule has 1 saturated heterocycles. The Kier molecular flexibility index (Phi) is 5.82. The number of aryl methyl sites for hydroxylation is 1. The lowest BCUT2D eigenvalue weighted by molar-refractivity contribution is -0.210. The minimum absolute atomic E-state index is 0.175. The van der Waals surface area contributed by atoms with Gasteiger partial charge in [0.2, 0.25) is 0 Å². The lowest BCUT2D eigenvalue weighted by atomic mass is 10.0. The van der Waals surface area contributed by atoms with E-state index in [1.165, 1.54) is 18.7 Å². The molecule has 22 heavy (non-hydrogen) atoms. The highest BCUT2D eigenvalue weighted by molar-refractivity contribution is 7.99. The minimum atomic E-state index is -1.36. The maximum absolute atomic E-state index is 10.9. The van der Waals surface area contributed by atoms with Crippen molar-refractivity contribution >= 4 is 17.7 Å². The Morgan fingerprint density at radius 2 is 1.82 bits per heavy atom. The first kappa shape index (κ1) is 17.2. The van der Waals surface area contributed by atoms with E-state index in [0.29, 0.717) is 0 Å². The Morgan fingerprint density at radius 1 is 1.18 bits per heavy atom. The molecule has 0 bridgehead atoms. The summed E-state index contributed by atoms with van der Waals surface area (Å²) in [5.74, 6) is -0.501. The van der Waals surface area contributed by atoms with Crippen LogP contribution < -0.4 is 0 Å². The number of hydrogen-bond acceptors (Lipinski definition) is 7. The monoisotopic (exact) mass is 328 g/mol. The quantitative estimate of drug-likeness (QED) is 0.691. The molecule has 0 saturated carbocycles. The van der Waals surface area contributed by atoms with Gasteiger partial charge in [0.05, 0.1) is 0 Å². The second-order valence-electron chi connectivity index (χ2n) is 5.25. The van der Waals surface area contributed by atoms with Gasteiger partial charge in [-0.05, 0) is 19.1 Å². The van der Waals surface area contributed by atoms with E-state index in [1.54, 1.807) is 0 Å². The van der Waals surface area contributed by atoms with Crippen molar-refractivity contribution in [1.29, 1.82) is 0 Å². The number of benzene rings is 1. The van der Waals surface area contributed by atoms with Gasteiger partial charge in [0.25, 0.3) is 0 Å². The van der Waals surface area contributed by atoms with Gasteiger partial charge in [-0.25, -0.2) is 0 Å². The van der Waals surface area contributed by atoms with Crippen LogP contribution in [0.25, 0.3) is 0 Å². The summed E-state index contributed by atoms with van der Waals surface area (Å²) in [6.45, 7) is 3.04.